The van der Waals surface area contributed by atoms with Crippen molar-refractivity contribution in [1.29, 1.82) is 0 Å². The average molecular weight is 286 g/mol. The van der Waals surface area contributed by atoms with Gasteiger partial charge in [0.15, 0.2) is 0 Å². The van der Waals surface area contributed by atoms with Gasteiger partial charge in [0.2, 0.25) is 0 Å². The van der Waals surface area contributed by atoms with E-state index in [0.29, 0.717) is 5.92 Å². The molecule has 1 atom stereocenters. The van der Waals surface area contributed by atoms with Crippen LogP contribution in [-0.2, 0) is 14.3 Å². The van der Waals surface area contributed by atoms with E-state index in [4.69, 9.17) is 9.47 Å². The molecule has 0 saturated carbocycles. The lowest BCUT2D eigenvalue weighted by atomic mass is 9.90. The Hall–Kier alpha value is -0.650. The summed E-state index contributed by atoms with van der Waals surface area (Å²) < 4.78 is 9.92. The highest BCUT2D eigenvalue weighted by Gasteiger charge is 2.32. The molecule has 1 N–H and O–H groups in total. The van der Waals surface area contributed by atoms with Crippen molar-refractivity contribution in [2.24, 2.45) is 11.3 Å². The van der Waals surface area contributed by atoms with Gasteiger partial charge in [0, 0.05) is 26.7 Å². The minimum Gasteiger partial charge on any atom is -0.469 e. The highest BCUT2D eigenvalue weighted by atomic mass is 16.5. The molecular weight excluding hydrogens is 256 g/mol. The van der Waals surface area contributed by atoms with Crippen LogP contribution in [0.15, 0.2) is 0 Å². The second-order valence-electron chi connectivity index (χ2n) is 6.32. The Morgan fingerprint density at radius 1 is 1.40 bits per heavy atom. The fourth-order valence-electron chi connectivity index (χ4n) is 2.84. The smallest absolute Gasteiger partial charge is 0.312 e. The van der Waals surface area contributed by atoms with Gasteiger partial charge < -0.3 is 19.7 Å². The van der Waals surface area contributed by atoms with Crippen LogP contribution >= 0.6 is 0 Å². The highest BCUT2D eigenvalue weighted by Crippen LogP contribution is 2.23. The summed E-state index contributed by atoms with van der Waals surface area (Å²) in [7, 11) is 3.18. The lowest BCUT2D eigenvalue weighted by Gasteiger charge is -2.37. The number of esters is 1. The van der Waals surface area contributed by atoms with Gasteiger partial charge in [-0.3, -0.25) is 4.79 Å². The third-order valence-corrected chi connectivity index (χ3v) is 3.88. The van der Waals surface area contributed by atoms with E-state index < -0.39 is 5.41 Å². The van der Waals surface area contributed by atoms with Crippen LogP contribution in [0.5, 0.6) is 0 Å². The van der Waals surface area contributed by atoms with Crippen molar-refractivity contribution in [3.8, 4) is 0 Å². The Balaban J connectivity index is 2.35. The summed E-state index contributed by atoms with van der Waals surface area (Å²) in [5, 5.41) is 3.43. The summed E-state index contributed by atoms with van der Waals surface area (Å²) in [6, 6.07) is 0. The molecular formula is C15H30N2O3. The number of likely N-dealkylation sites (tertiary alicyclic amines) is 1. The molecule has 0 spiro atoms. The number of hydrogen-bond acceptors (Lipinski definition) is 5. The third-order valence-electron chi connectivity index (χ3n) is 3.88. The lowest BCUT2D eigenvalue weighted by Crippen LogP contribution is -2.46. The maximum absolute atomic E-state index is 11.8. The van der Waals surface area contributed by atoms with E-state index in [9.17, 15) is 4.79 Å². The molecule has 0 aromatic heterocycles. The van der Waals surface area contributed by atoms with E-state index in [1.807, 2.05) is 13.8 Å². The number of hydrogen-bond donors (Lipinski definition) is 1. The van der Waals surface area contributed by atoms with Crippen molar-refractivity contribution in [3.05, 3.63) is 0 Å². The van der Waals surface area contributed by atoms with Crippen LogP contribution < -0.4 is 5.32 Å². The van der Waals surface area contributed by atoms with E-state index in [1.165, 1.54) is 20.0 Å². The molecule has 1 aliphatic heterocycles. The maximum Gasteiger partial charge on any atom is 0.312 e. The molecule has 0 amide bonds. The zero-order valence-corrected chi connectivity index (χ0v) is 13.4. The van der Waals surface area contributed by atoms with Crippen LogP contribution in [-0.4, -0.2) is 64.4 Å². The Morgan fingerprint density at radius 3 is 2.80 bits per heavy atom. The molecule has 20 heavy (non-hydrogen) atoms. The average Bonchev–Trinajstić information content (AvgIpc) is 2.42. The van der Waals surface area contributed by atoms with E-state index in [-0.39, 0.29) is 5.97 Å². The maximum atomic E-state index is 11.8. The topological polar surface area (TPSA) is 50.8 Å². The minimum absolute atomic E-state index is 0.127. The van der Waals surface area contributed by atoms with Crippen LogP contribution in [0.2, 0.25) is 0 Å². The van der Waals surface area contributed by atoms with Crippen LogP contribution in [0, 0.1) is 11.3 Å². The lowest BCUT2D eigenvalue weighted by molar-refractivity contribution is -0.152. The summed E-state index contributed by atoms with van der Waals surface area (Å²) in [6.07, 6.45) is 2.46. The van der Waals surface area contributed by atoms with Crippen molar-refractivity contribution in [3.63, 3.8) is 0 Å². The predicted octanol–water partition coefficient (Wildman–Crippen LogP) is 1.13. The van der Waals surface area contributed by atoms with E-state index in [0.717, 1.165) is 39.3 Å². The SMILES string of the molecule is COCCNCC1CCCN(CC(C)(C)C(=O)OC)C1. The summed E-state index contributed by atoms with van der Waals surface area (Å²) in [6.45, 7) is 9.51. The fourth-order valence-corrected chi connectivity index (χ4v) is 2.84. The second-order valence-corrected chi connectivity index (χ2v) is 6.32. The van der Waals surface area contributed by atoms with Gasteiger partial charge in [0.1, 0.15) is 0 Å². The largest absolute Gasteiger partial charge is 0.469 e. The molecule has 1 aliphatic rings. The molecule has 1 unspecified atom stereocenters. The monoisotopic (exact) mass is 286 g/mol. The molecule has 1 heterocycles. The number of methoxy groups -OCH3 is 2. The number of rotatable bonds is 8. The Bertz CT molecular complexity index is 295. The second kappa shape index (κ2) is 8.60. The molecule has 5 heteroatoms. The molecule has 1 fully saturated rings. The summed E-state index contributed by atoms with van der Waals surface area (Å²) in [5.74, 6) is 0.534. The van der Waals surface area contributed by atoms with Crippen LogP contribution in [0.1, 0.15) is 26.7 Å². The predicted molar refractivity (Wildman–Crippen MR) is 79.7 cm³/mol. The van der Waals surface area contributed by atoms with Crippen molar-refractivity contribution < 1.29 is 14.3 Å². The number of carbonyl (C=O) groups is 1. The number of nitrogens with zero attached hydrogens (tertiary/aromatic N) is 1. The van der Waals surface area contributed by atoms with E-state index >= 15 is 0 Å². The van der Waals surface area contributed by atoms with E-state index in [2.05, 4.69) is 10.2 Å². The van der Waals surface area contributed by atoms with Gasteiger partial charge in [-0.25, -0.2) is 0 Å². The first kappa shape index (κ1) is 17.4. The Labute approximate surface area is 123 Å². The van der Waals surface area contributed by atoms with Crippen molar-refractivity contribution in [2.75, 3.05) is 53.6 Å². The molecule has 118 valence electrons. The van der Waals surface area contributed by atoms with Crippen molar-refractivity contribution >= 4 is 5.97 Å². The van der Waals surface area contributed by atoms with Crippen molar-refractivity contribution in [1.82, 2.24) is 10.2 Å². The summed E-state index contributed by atoms with van der Waals surface area (Å²) in [4.78, 5) is 14.1. The molecule has 0 aromatic carbocycles. The molecule has 0 bridgehead atoms. The molecule has 0 aromatic rings. The van der Waals surface area contributed by atoms with Gasteiger partial charge in [-0.1, -0.05) is 0 Å². The Morgan fingerprint density at radius 2 is 2.15 bits per heavy atom. The number of ether oxygens (including phenoxy) is 2. The van der Waals surface area contributed by atoms with Crippen molar-refractivity contribution in [2.45, 2.75) is 26.7 Å². The van der Waals surface area contributed by atoms with Gasteiger partial charge in [-0.2, -0.15) is 0 Å². The van der Waals surface area contributed by atoms with E-state index in [1.54, 1.807) is 7.11 Å². The highest BCUT2D eigenvalue weighted by molar-refractivity contribution is 5.76. The first-order chi connectivity index (χ1) is 9.49. The zero-order chi connectivity index (χ0) is 15.0. The number of nitrogens with one attached hydrogen (secondary N) is 1. The fraction of sp³-hybridized carbons (Fsp3) is 0.933. The third kappa shape index (κ3) is 5.77. The van der Waals surface area contributed by atoms with Gasteiger partial charge >= 0.3 is 5.97 Å². The Kier molecular flexibility index (Phi) is 7.48. The minimum atomic E-state index is -0.430. The first-order valence-corrected chi connectivity index (χ1v) is 7.50. The quantitative estimate of drug-likeness (QED) is 0.535. The molecule has 0 aliphatic carbocycles. The van der Waals surface area contributed by atoms with Crippen LogP contribution in [0.25, 0.3) is 0 Å². The number of carbonyl (C=O) groups excluding carboxylic acids is 1. The van der Waals surface area contributed by atoms with Gasteiger partial charge in [0.25, 0.3) is 0 Å². The first-order valence-electron chi connectivity index (χ1n) is 7.50. The van der Waals surface area contributed by atoms with Crippen LogP contribution in [0.3, 0.4) is 0 Å². The number of piperidine rings is 1. The van der Waals surface area contributed by atoms with Gasteiger partial charge in [0.05, 0.1) is 19.1 Å². The normalized spacial score (nSPS) is 20.9. The molecule has 1 rings (SSSR count). The summed E-state index contributed by atoms with van der Waals surface area (Å²) in [5.41, 5.74) is -0.430. The van der Waals surface area contributed by atoms with Gasteiger partial charge in [-0.05, 0) is 45.7 Å². The molecule has 0 radical (unpaired) electrons. The standard InChI is InChI=1S/C15H30N2O3/c1-15(2,14(18)20-4)12-17-8-5-6-13(11-17)10-16-7-9-19-3/h13,16H,5-12H2,1-4H3. The summed E-state index contributed by atoms with van der Waals surface area (Å²) >= 11 is 0. The molecule has 1 saturated heterocycles. The zero-order valence-electron chi connectivity index (χ0n) is 13.4. The van der Waals surface area contributed by atoms with Gasteiger partial charge in [-0.15, -0.1) is 0 Å². The molecule has 5 nitrogen and oxygen atoms in total. The van der Waals surface area contributed by atoms with Crippen LogP contribution in [0.4, 0.5) is 0 Å².